The van der Waals surface area contributed by atoms with E-state index in [0.29, 0.717) is 0 Å². The second-order valence-corrected chi connectivity index (χ2v) is 6.52. The maximum absolute atomic E-state index is 12.1. The zero-order chi connectivity index (χ0) is 17.1. The fraction of sp³-hybridized carbons (Fsp3) is 0.462. The molecule has 0 radical (unpaired) electrons. The number of carbonyl (C=O) groups is 1. The summed E-state index contributed by atoms with van der Waals surface area (Å²) in [5.41, 5.74) is 0.0218. The van der Waals surface area contributed by atoms with Gasteiger partial charge in [-0.2, -0.15) is 0 Å². The third kappa shape index (κ3) is 3.73. The molecule has 8 nitrogen and oxygen atoms in total. The Balaban J connectivity index is 3.46. The van der Waals surface area contributed by atoms with Gasteiger partial charge in [-0.05, 0) is 26.8 Å². The Kier molecular flexibility index (Phi) is 5.48. The number of esters is 1. The lowest BCUT2D eigenvalue weighted by Crippen LogP contribution is -2.44. The fourth-order valence-electron chi connectivity index (χ4n) is 2.08. The van der Waals surface area contributed by atoms with Crippen LogP contribution in [0.25, 0.3) is 0 Å². The van der Waals surface area contributed by atoms with Gasteiger partial charge in [0.05, 0.1) is 29.0 Å². The third-order valence-corrected chi connectivity index (χ3v) is 4.28. The van der Waals surface area contributed by atoms with Crippen LogP contribution < -0.4 is 4.31 Å². The maximum Gasteiger partial charge on any atom is 0.329 e. The topological polar surface area (TPSA) is 107 Å². The molecule has 122 valence electrons. The standard InChI is InChI=1S/C13H18N2O6S/c1-5-21-13(16)10(3)14(22(4,19)20)11-7-6-8-12(9(11)2)15(17)18/h6-8,10H,5H2,1-4H3. The van der Waals surface area contributed by atoms with E-state index in [1.165, 1.54) is 32.0 Å². The molecule has 9 heteroatoms. The minimum absolute atomic E-state index is 0.0808. The third-order valence-electron chi connectivity index (χ3n) is 3.05. The number of anilines is 1. The summed E-state index contributed by atoms with van der Waals surface area (Å²) in [6.07, 6.45) is 0.932. The summed E-state index contributed by atoms with van der Waals surface area (Å²) in [6, 6.07) is 2.93. The summed E-state index contributed by atoms with van der Waals surface area (Å²) < 4.78 is 29.8. The van der Waals surface area contributed by atoms with Crippen molar-refractivity contribution in [2.45, 2.75) is 26.8 Å². The lowest BCUT2D eigenvalue weighted by atomic mass is 10.1. The minimum Gasteiger partial charge on any atom is -0.464 e. The molecule has 0 aliphatic carbocycles. The van der Waals surface area contributed by atoms with Gasteiger partial charge >= 0.3 is 5.97 Å². The highest BCUT2D eigenvalue weighted by Crippen LogP contribution is 2.31. The molecule has 1 rings (SSSR count). The predicted molar refractivity (Wildman–Crippen MR) is 81.3 cm³/mol. The molecule has 0 aliphatic rings. The molecule has 0 fully saturated rings. The molecule has 0 saturated carbocycles. The maximum atomic E-state index is 12.1. The molecule has 1 aromatic carbocycles. The van der Waals surface area contributed by atoms with Crippen LogP contribution in [0, 0.1) is 17.0 Å². The Morgan fingerprint density at radius 1 is 1.45 bits per heavy atom. The number of hydrogen-bond acceptors (Lipinski definition) is 6. The van der Waals surface area contributed by atoms with Crippen LogP contribution in [0.3, 0.4) is 0 Å². The van der Waals surface area contributed by atoms with Crippen molar-refractivity contribution in [2.75, 3.05) is 17.2 Å². The Labute approximate surface area is 128 Å². The monoisotopic (exact) mass is 330 g/mol. The van der Waals surface area contributed by atoms with E-state index in [9.17, 15) is 23.3 Å². The van der Waals surface area contributed by atoms with Gasteiger partial charge in [0.25, 0.3) is 5.69 Å². The van der Waals surface area contributed by atoms with Gasteiger partial charge in [0.15, 0.2) is 0 Å². The van der Waals surface area contributed by atoms with Crippen molar-refractivity contribution >= 4 is 27.4 Å². The molecule has 0 heterocycles. The van der Waals surface area contributed by atoms with Crippen molar-refractivity contribution in [3.05, 3.63) is 33.9 Å². The molecule has 1 aromatic rings. The van der Waals surface area contributed by atoms with Crippen molar-refractivity contribution < 1.29 is 22.9 Å². The molecular weight excluding hydrogens is 312 g/mol. The van der Waals surface area contributed by atoms with Crippen molar-refractivity contribution in [3.8, 4) is 0 Å². The molecule has 0 spiro atoms. The quantitative estimate of drug-likeness (QED) is 0.445. The van der Waals surface area contributed by atoms with Crippen LogP contribution in [-0.4, -0.2) is 38.2 Å². The first-order chi connectivity index (χ1) is 10.1. The molecular formula is C13H18N2O6S. The molecule has 1 atom stereocenters. The van der Waals surface area contributed by atoms with Gasteiger partial charge in [-0.25, -0.2) is 13.2 Å². The molecule has 1 unspecified atom stereocenters. The number of nitro benzene ring substituents is 1. The van der Waals surface area contributed by atoms with Crippen LogP contribution in [-0.2, 0) is 19.6 Å². The van der Waals surface area contributed by atoms with Crippen LogP contribution in [0.4, 0.5) is 11.4 Å². The second kappa shape index (κ2) is 6.73. The average Bonchev–Trinajstić information content (AvgIpc) is 2.39. The van der Waals surface area contributed by atoms with E-state index >= 15 is 0 Å². The van der Waals surface area contributed by atoms with E-state index in [1.807, 2.05) is 0 Å². The molecule has 0 N–H and O–H groups in total. The Hall–Kier alpha value is -2.16. The van der Waals surface area contributed by atoms with Gasteiger partial charge in [0.1, 0.15) is 6.04 Å². The summed E-state index contributed by atoms with van der Waals surface area (Å²) in [7, 11) is -3.84. The zero-order valence-electron chi connectivity index (χ0n) is 12.8. The molecule has 0 saturated heterocycles. The van der Waals surface area contributed by atoms with E-state index in [2.05, 4.69) is 0 Å². The van der Waals surface area contributed by atoms with Gasteiger partial charge in [-0.1, -0.05) is 6.07 Å². The SMILES string of the molecule is CCOC(=O)C(C)N(c1cccc([N+](=O)[O-])c1C)S(C)(=O)=O. The highest BCUT2D eigenvalue weighted by Gasteiger charge is 2.32. The fourth-order valence-corrected chi connectivity index (χ4v) is 3.30. The zero-order valence-corrected chi connectivity index (χ0v) is 13.6. The largest absolute Gasteiger partial charge is 0.464 e. The van der Waals surface area contributed by atoms with Crippen LogP contribution in [0.2, 0.25) is 0 Å². The molecule has 22 heavy (non-hydrogen) atoms. The van der Waals surface area contributed by atoms with Crippen LogP contribution >= 0.6 is 0 Å². The van der Waals surface area contributed by atoms with Gasteiger partial charge in [-0.3, -0.25) is 14.4 Å². The summed E-state index contributed by atoms with van der Waals surface area (Å²) in [4.78, 5) is 22.3. The summed E-state index contributed by atoms with van der Waals surface area (Å²) in [5.74, 6) is -0.723. The Bertz CT molecular complexity index is 686. The average molecular weight is 330 g/mol. The number of nitrogens with zero attached hydrogens (tertiary/aromatic N) is 2. The number of ether oxygens (including phenoxy) is 1. The van der Waals surface area contributed by atoms with Crippen molar-refractivity contribution in [1.29, 1.82) is 0 Å². The first-order valence-electron chi connectivity index (χ1n) is 6.51. The number of hydrogen-bond donors (Lipinski definition) is 0. The van der Waals surface area contributed by atoms with Gasteiger partial charge in [-0.15, -0.1) is 0 Å². The number of sulfonamides is 1. The van der Waals surface area contributed by atoms with E-state index in [4.69, 9.17) is 4.74 Å². The lowest BCUT2D eigenvalue weighted by Gasteiger charge is -2.28. The van der Waals surface area contributed by atoms with Crippen LogP contribution in [0.1, 0.15) is 19.4 Å². The van der Waals surface area contributed by atoms with E-state index in [0.717, 1.165) is 10.6 Å². The Morgan fingerprint density at radius 3 is 2.50 bits per heavy atom. The lowest BCUT2D eigenvalue weighted by molar-refractivity contribution is -0.385. The number of nitro groups is 1. The second-order valence-electron chi connectivity index (χ2n) is 4.67. The van der Waals surface area contributed by atoms with Gasteiger partial charge in [0, 0.05) is 6.07 Å². The van der Waals surface area contributed by atoms with Crippen LogP contribution in [0.5, 0.6) is 0 Å². The predicted octanol–water partition coefficient (Wildman–Crippen LogP) is 1.62. The summed E-state index contributed by atoms with van der Waals surface area (Å²) in [5, 5.41) is 11.0. The number of carbonyl (C=O) groups excluding carboxylic acids is 1. The van der Waals surface area contributed by atoms with E-state index in [-0.39, 0.29) is 23.5 Å². The van der Waals surface area contributed by atoms with Crippen molar-refractivity contribution in [3.63, 3.8) is 0 Å². The highest BCUT2D eigenvalue weighted by atomic mass is 32.2. The molecule has 0 amide bonds. The van der Waals surface area contributed by atoms with Crippen LogP contribution in [0.15, 0.2) is 18.2 Å². The van der Waals surface area contributed by atoms with Gasteiger partial charge in [0.2, 0.25) is 10.0 Å². The first-order valence-corrected chi connectivity index (χ1v) is 8.36. The molecule has 0 aromatic heterocycles. The minimum atomic E-state index is -3.84. The smallest absolute Gasteiger partial charge is 0.329 e. The van der Waals surface area contributed by atoms with E-state index in [1.54, 1.807) is 6.92 Å². The first kappa shape index (κ1) is 17.9. The normalized spacial score (nSPS) is 12.5. The van der Waals surface area contributed by atoms with Crippen molar-refractivity contribution in [2.24, 2.45) is 0 Å². The highest BCUT2D eigenvalue weighted by molar-refractivity contribution is 7.92. The number of rotatable bonds is 6. The van der Waals surface area contributed by atoms with Gasteiger partial charge < -0.3 is 4.74 Å². The molecule has 0 aliphatic heterocycles. The Morgan fingerprint density at radius 2 is 2.05 bits per heavy atom. The van der Waals surface area contributed by atoms with Crippen molar-refractivity contribution in [1.82, 2.24) is 0 Å². The summed E-state index contributed by atoms with van der Waals surface area (Å²) >= 11 is 0. The molecule has 0 bridgehead atoms. The van der Waals surface area contributed by atoms with E-state index < -0.39 is 27.0 Å². The number of benzene rings is 1. The summed E-state index contributed by atoms with van der Waals surface area (Å²) in [6.45, 7) is 4.52.